The van der Waals surface area contributed by atoms with Crippen molar-refractivity contribution >= 4 is 81.1 Å². The van der Waals surface area contributed by atoms with Crippen LogP contribution in [0.2, 0.25) is 20.1 Å². The van der Waals surface area contributed by atoms with Crippen molar-refractivity contribution in [3.8, 4) is 0 Å². The molecule has 15 nitrogen and oxygen atoms in total. The van der Waals surface area contributed by atoms with Gasteiger partial charge in [-0.1, -0.05) is 94.9 Å². The monoisotopic (exact) mass is 808 g/mol. The van der Waals surface area contributed by atoms with Crippen molar-refractivity contribution in [2.75, 3.05) is 10.6 Å². The maximum absolute atomic E-state index is 10.7. The molecule has 0 aromatic heterocycles. The third-order valence-electron chi connectivity index (χ3n) is 5.15. The first-order chi connectivity index (χ1) is 18.2. The maximum atomic E-state index is 10.7. The number of hydrogen-bond donors (Lipinski definition) is 2. The van der Waals surface area contributed by atoms with Gasteiger partial charge in [-0.2, -0.15) is 0 Å². The van der Waals surface area contributed by atoms with Crippen molar-refractivity contribution in [1.82, 2.24) is 0 Å². The molecule has 4 aromatic rings. The number of anilines is 4. The molecule has 0 fully saturated rings. The molecule has 0 saturated carbocycles. The zero-order valence-electron chi connectivity index (χ0n) is 26.1. The summed E-state index contributed by atoms with van der Waals surface area (Å²) in [6.07, 6.45) is -0.351. The van der Waals surface area contributed by atoms with Gasteiger partial charge in [0.2, 0.25) is 0 Å². The summed E-state index contributed by atoms with van der Waals surface area (Å²) in [5.74, 6) is -2.28. The summed E-state index contributed by atoms with van der Waals surface area (Å²) in [5, 5.41) is 29.4. The number of carboxylic acids is 2. The molecule has 0 aliphatic heterocycles. The van der Waals surface area contributed by atoms with Crippen LogP contribution in [0.3, 0.4) is 0 Å². The Morgan fingerprint density at radius 1 is 0.449 bits per heavy atom. The van der Waals surface area contributed by atoms with Crippen molar-refractivity contribution in [3.05, 3.63) is 116 Å². The fraction of sp³-hybridized carbons (Fsp3) is 0.0714. The Labute approximate surface area is 345 Å². The first kappa shape index (κ1) is 69.1. The quantitative estimate of drug-likeness (QED) is 0.163. The number of carbonyl (C=O) groups excluding carboxylic acids is 2. The summed E-state index contributed by atoms with van der Waals surface area (Å²) in [6, 6.07) is 24.4. The van der Waals surface area contributed by atoms with Gasteiger partial charge < -0.3 is 79.7 Å². The van der Waals surface area contributed by atoms with E-state index in [2.05, 4.69) is 10.6 Å². The van der Waals surface area contributed by atoms with Crippen molar-refractivity contribution in [2.24, 2.45) is 0 Å². The van der Waals surface area contributed by atoms with Gasteiger partial charge in [0.15, 0.2) is 0 Å². The number of para-hydroxylation sites is 4. The number of benzene rings is 4. The number of carboxylic acid groups (broad SMARTS) is 2. The predicted octanol–water partition coefficient (Wildman–Crippen LogP) is -7.36. The molecule has 4 aromatic carbocycles. The number of hydrogen-bond acceptors (Lipinski definition) is 6. The van der Waals surface area contributed by atoms with Crippen LogP contribution in [0.5, 0.6) is 0 Å². The van der Waals surface area contributed by atoms with Crippen LogP contribution in [0.25, 0.3) is 0 Å². The van der Waals surface area contributed by atoms with Gasteiger partial charge >= 0.3 is 59.1 Å². The zero-order chi connectivity index (χ0) is 27.7. The molecule has 0 spiro atoms. The van der Waals surface area contributed by atoms with E-state index in [0.29, 0.717) is 54.0 Å². The minimum atomic E-state index is -1.14. The summed E-state index contributed by atoms with van der Waals surface area (Å²) >= 11 is 24.2. The van der Waals surface area contributed by atoms with E-state index in [0.717, 1.165) is 0 Å². The van der Waals surface area contributed by atoms with E-state index in [1.807, 2.05) is 0 Å². The number of rotatable bonds is 8. The summed E-state index contributed by atoms with van der Waals surface area (Å²) < 4.78 is 0. The topological polar surface area (TPSA) is 388 Å². The maximum Gasteiger partial charge on any atom is 1.00 e. The Morgan fingerprint density at radius 3 is 0.939 bits per heavy atom. The zero-order valence-corrected chi connectivity index (χ0v) is 33.2. The minimum Gasteiger partial charge on any atom is -0.550 e. The largest absolute Gasteiger partial charge is 1.00 e. The summed E-state index contributed by atoms with van der Waals surface area (Å²) in [4.78, 5) is 21.4. The molecule has 20 N–H and O–H groups in total. The Hall–Kier alpha value is -1.78. The second-order valence-electron chi connectivity index (χ2n) is 7.86. The average Bonchev–Trinajstić information content (AvgIpc) is 2.86. The molecule has 0 unspecified atom stereocenters. The predicted molar refractivity (Wildman–Crippen MR) is 182 cm³/mol. The van der Waals surface area contributed by atoms with Crippen molar-refractivity contribution < 1.29 is 128 Å². The fourth-order valence-corrected chi connectivity index (χ4v) is 4.39. The molecular formula is C28H38Cl4N2Na2O13. The smallest absolute Gasteiger partial charge is 0.550 e. The summed E-state index contributed by atoms with van der Waals surface area (Å²) in [7, 11) is 0. The van der Waals surface area contributed by atoms with Crippen LogP contribution in [0, 0.1) is 0 Å². The first-order valence-corrected chi connectivity index (χ1v) is 12.6. The van der Waals surface area contributed by atoms with Gasteiger partial charge in [0.1, 0.15) is 0 Å². The minimum absolute atomic E-state index is 0. The van der Waals surface area contributed by atoms with E-state index in [1.54, 1.807) is 84.9 Å². The molecule has 0 amide bonds. The van der Waals surface area contributed by atoms with Gasteiger partial charge in [-0.3, -0.25) is 0 Å². The van der Waals surface area contributed by atoms with E-state index in [9.17, 15) is 19.8 Å². The molecule has 0 bridgehead atoms. The summed E-state index contributed by atoms with van der Waals surface area (Å²) in [6.45, 7) is 0. The molecule has 49 heavy (non-hydrogen) atoms. The molecule has 21 heteroatoms. The summed E-state index contributed by atoms with van der Waals surface area (Å²) in [5.41, 5.74) is 3.61. The van der Waals surface area contributed by atoms with E-state index in [1.165, 1.54) is 0 Å². The molecule has 268 valence electrons. The van der Waals surface area contributed by atoms with E-state index in [-0.39, 0.29) is 121 Å². The molecular weight excluding hydrogens is 772 g/mol. The molecule has 0 radical (unpaired) electrons. The second-order valence-corrected chi connectivity index (χ2v) is 9.48. The normalized spacial score (nSPS) is 7.92. The molecule has 0 atom stereocenters. The van der Waals surface area contributed by atoms with Gasteiger partial charge in [0.05, 0.1) is 31.5 Å². The Kier molecular flexibility index (Phi) is 48.8. The molecule has 4 rings (SSSR count). The van der Waals surface area contributed by atoms with Crippen molar-refractivity contribution in [3.63, 3.8) is 0 Å². The van der Waals surface area contributed by atoms with Crippen LogP contribution in [-0.2, 0) is 22.4 Å². The Balaban J connectivity index is -0.0000000762. The van der Waals surface area contributed by atoms with Crippen molar-refractivity contribution in [1.29, 1.82) is 0 Å². The van der Waals surface area contributed by atoms with Gasteiger partial charge in [-0.25, -0.2) is 0 Å². The Bertz CT molecular complexity index is 1330. The average molecular weight is 810 g/mol. The number of aliphatic carboxylic acids is 2. The van der Waals surface area contributed by atoms with Crippen LogP contribution in [-0.4, -0.2) is 61.2 Å². The fourth-order valence-electron chi connectivity index (χ4n) is 3.41. The van der Waals surface area contributed by atoms with Crippen LogP contribution in [0.1, 0.15) is 11.1 Å². The number of halogens is 4. The second kappa shape index (κ2) is 34.7. The molecule has 0 aliphatic rings. The third kappa shape index (κ3) is 21.9. The number of nitrogens with one attached hydrogen (secondary N) is 2. The van der Waals surface area contributed by atoms with Crippen LogP contribution in [0.15, 0.2) is 84.9 Å². The van der Waals surface area contributed by atoms with Crippen LogP contribution < -0.4 is 80.0 Å². The standard InChI is InChI=1S/2C14H11Cl2NO2.2Na.9H2O/c2*15-10-5-3-6-11(16)14(10)17-12-7-2-1-4-9(12)8-13(18)19;;;;;;;;;;;/h2*1-7,17H,8H2,(H,18,19);;;9*1H2/q;;2*+1;;;;;;;;;/p-2/i2*1+1,2+1,4+1,7+1,9+1,12+1;;;;;;;;;;;. The van der Waals surface area contributed by atoms with E-state index >= 15 is 0 Å². The van der Waals surface area contributed by atoms with E-state index < -0.39 is 11.9 Å². The third-order valence-corrected chi connectivity index (χ3v) is 6.41. The molecule has 0 saturated heterocycles. The molecule has 0 aliphatic carbocycles. The van der Waals surface area contributed by atoms with Gasteiger partial charge in [0, 0.05) is 36.2 Å². The van der Waals surface area contributed by atoms with E-state index in [4.69, 9.17) is 46.4 Å². The molecule has 0 heterocycles. The van der Waals surface area contributed by atoms with Crippen molar-refractivity contribution in [2.45, 2.75) is 12.8 Å². The van der Waals surface area contributed by atoms with Gasteiger partial charge in [-0.15, -0.1) is 0 Å². The van der Waals surface area contributed by atoms with Gasteiger partial charge in [-0.05, 0) is 47.5 Å². The van der Waals surface area contributed by atoms with Gasteiger partial charge in [0.25, 0.3) is 0 Å². The SMILES string of the molecule is O.O.O.O.O.O.O.O.O.O=C([O-])C[13c]1[13cH][13cH][13cH][13cH][13c]1Nc1c(Cl)cccc1Cl.O=C([O-])C[13c]1[13cH][13cH][13cH][13cH][13c]1Nc1c(Cl)cccc1Cl.[Na+].[Na+]. The number of carbonyl (C=O) groups is 2. The van der Waals surface area contributed by atoms with Crippen LogP contribution in [0.4, 0.5) is 22.7 Å². The van der Waals surface area contributed by atoms with Crippen LogP contribution >= 0.6 is 46.4 Å². The first-order valence-electron chi connectivity index (χ1n) is 11.1. The Morgan fingerprint density at radius 2 is 0.694 bits per heavy atom.